The molecule has 6 heteroatoms. The van der Waals surface area contributed by atoms with Crippen molar-refractivity contribution in [2.75, 3.05) is 14.2 Å². The van der Waals surface area contributed by atoms with Crippen molar-refractivity contribution in [3.63, 3.8) is 0 Å². The van der Waals surface area contributed by atoms with Crippen LogP contribution in [0.15, 0.2) is 48.5 Å². The van der Waals surface area contributed by atoms with Gasteiger partial charge in [-0.05, 0) is 79.7 Å². The number of benzene rings is 2. The molecule has 5 nitrogen and oxygen atoms in total. The maximum Gasteiger partial charge on any atom is 0.259 e. The van der Waals surface area contributed by atoms with Gasteiger partial charge < -0.3 is 14.8 Å². The molecule has 0 bridgehead atoms. The highest BCUT2D eigenvalue weighted by Gasteiger charge is 2.66. The van der Waals surface area contributed by atoms with Crippen LogP contribution >= 0.6 is 12.2 Å². The van der Waals surface area contributed by atoms with Gasteiger partial charge in [0.1, 0.15) is 11.5 Å². The summed E-state index contributed by atoms with van der Waals surface area (Å²) in [5.74, 6) is 1.55. The first-order valence-corrected chi connectivity index (χ1v) is 10.9. The van der Waals surface area contributed by atoms with Crippen molar-refractivity contribution in [3.05, 3.63) is 59.7 Å². The number of thiocarbonyl (C=S) groups is 1. The van der Waals surface area contributed by atoms with Crippen LogP contribution in [0.4, 0.5) is 0 Å². The van der Waals surface area contributed by atoms with E-state index in [4.69, 9.17) is 21.7 Å². The third kappa shape index (κ3) is 2.70. The molecule has 2 aliphatic carbocycles. The summed E-state index contributed by atoms with van der Waals surface area (Å²) in [4.78, 5) is 15.3. The number of methoxy groups -OCH3 is 1. The van der Waals surface area contributed by atoms with Crippen molar-refractivity contribution in [1.29, 1.82) is 0 Å². The maximum absolute atomic E-state index is 13.7. The number of carbonyl (C=O) groups is 1. The van der Waals surface area contributed by atoms with Gasteiger partial charge in [0.25, 0.3) is 5.91 Å². The van der Waals surface area contributed by atoms with Crippen LogP contribution < -0.4 is 10.1 Å². The van der Waals surface area contributed by atoms with E-state index in [1.54, 1.807) is 19.1 Å². The molecule has 1 N–H and O–H groups in total. The quantitative estimate of drug-likeness (QED) is 0.753. The number of amides is 1. The summed E-state index contributed by atoms with van der Waals surface area (Å²) in [6.07, 6.45) is 4.86. The van der Waals surface area contributed by atoms with Crippen molar-refractivity contribution in [3.8, 4) is 11.5 Å². The summed E-state index contributed by atoms with van der Waals surface area (Å²) in [7, 11) is 3.54. The molecule has 3 aliphatic rings. The van der Waals surface area contributed by atoms with Crippen molar-refractivity contribution >= 4 is 23.2 Å². The van der Waals surface area contributed by atoms with E-state index in [1.807, 2.05) is 42.5 Å². The molecule has 5 rings (SSSR count). The smallest absolute Gasteiger partial charge is 0.259 e. The fourth-order valence-corrected chi connectivity index (χ4v) is 5.88. The first-order chi connectivity index (χ1) is 14.5. The monoisotopic (exact) mass is 422 g/mol. The summed E-state index contributed by atoms with van der Waals surface area (Å²) in [5, 5.41) is 3.98. The number of nitrogens with one attached hydrogen (secondary N) is 1. The number of carbonyl (C=O) groups excluding carboxylic acids is 1. The van der Waals surface area contributed by atoms with E-state index in [0.717, 1.165) is 49.2 Å². The van der Waals surface area contributed by atoms with E-state index in [0.29, 0.717) is 5.11 Å². The summed E-state index contributed by atoms with van der Waals surface area (Å²) in [6, 6.07) is 15.9. The highest BCUT2D eigenvalue weighted by atomic mass is 32.1. The van der Waals surface area contributed by atoms with Crippen LogP contribution in [-0.4, -0.2) is 36.2 Å². The minimum absolute atomic E-state index is 0.0407. The molecular weight excluding hydrogens is 396 g/mol. The van der Waals surface area contributed by atoms with E-state index in [2.05, 4.69) is 11.4 Å². The Labute approximate surface area is 182 Å². The molecule has 156 valence electrons. The Morgan fingerprint density at radius 2 is 1.83 bits per heavy atom. The molecule has 2 aromatic rings. The molecule has 2 fully saturated rings. The van der Waals surface area contributed by atoms with Crippen molar-refractivity contribution in [2.24, 2.45) is 5.41 Å². The molecule has 1 unspecified atom stereocenters. The molecule has 0 aromatic heterocycles. The van der Waals surface area contributed by atoms with Crippen LogP contribution in [-0.2, 0) is 21.5 Å². The van der Waals surface area contributed by atoms with Gasteiger partial charge in [-0.15, -0.1) is 0 Å². The van der Waals surface area contributed by atoms with Gasteiger partial charge >= 0.3 is 0 Å². The van der Waals surface area contributed by atoms with Crippen molar-refractivity contribution < 1.29 is 14.3 Å². The fourth-order valence-electron chi connectivity index (χ4n) is 5.64. The Kier molecular flexibility index (Phi) is 4.60. The number of hydrogen-bond acceptors (Lipinski definition) is 4. The topological polar surface area (TPSA) is 50.8 Å². The van der Waals surface area contributed by atoms with Gasteiger partial charge in [0, 0.05) is 19.6 Å². The Bertz CT molecular complexity index is 1000. The molecule has 2 aromatic carbocycles. The highest BCUT2D eigenvalue weighted by Crippen LogP contribution is 2.60. The van der Waals surface area contributed by atoms with E-state index in [-0.39, 0.29) is 17.4 Å². The van der Waals surface area contributed by atoms with Gasteiger partial charge in [0.05, 0.1) is 6.10 Å². The molecule has 1 heterocycles. The van der Waals surface area contributed by atoms with Crippen LogP contribution in [0.3, 0.4) is 0 Å². The lowest BCUT2D eigenvalue weighted by Crippen LogP contribution is -2.56. The SMILES string of the molecule is COC1CCC2(CC1)Cc1ccc(Oc3ccccc3)cc1C21NC(=S)N(C)C1=O. The Morgan fingerprint density at radius 1 is 1.10 bits per heavy atom. The fraction of sp³-hybridized carbons (Fsp3) is 0.417. The lowest BCUT2D eigenvalue weighted by Gasteiger charge is -2.46. The largest absolute Gasteiger partial charge is 0.457 e. The number of fused-ring (bicyclic) bond motifs is 3. The van der Waals surface area contributed by atoms with Crippen LogP contribution in [0.5, 0.6) is 11.5 Å². The standard InChI is InChI=1S/C24H26N2O3S/c1-26-21(27)24(25-22(26)30)20-14-19(29-18-6-4-3-5-7-18)9-8-16(20)15-23(24)12-10-17(28-2)11-13-23/h3-9,14,17H,10-13,15H2,1-2H3,(H,25,30). The average Bonchev–Trinajstić information content (AvgIpc) is 3.16. The van der Waals surface area contributed by atoms with Gasteiger partial charge in [-0.3, -0.25) is 9.69 Å². The second-order valence-corrected chi connectivity index (χ2v) is 9.06. The van der Waals surface area contributed by atoms with Gasteiger partial charge in [0.15, 0.2) is 10.7 Å². The van der Waals surface area contributed by atoms with Crippen LogP contribution in [0, 0.1) is 5.41 Å². The summed E-state index contributed by atoms with van der Waals surface area (Å²) >= 11 is 5.53. The maximum atomic E-state index is 13.7. The van der Waals surface area contributed by atoms with Crippen LogP contribution in [0.25, 0.3) is 0 Å². The zero-order chi connectivity index (χ0) is 20.9. The lowest BCUT2D eigenvalue weighted by molar-refractivity contribution is -0.137. The molecule has 1 saturated carbocycles. The molecular formula is C24H26N2O3S. The number of rotatable bonds is 3. The normalized spacial score (nSPS) is 30.1. The van der Waals surface area contributed by atoms with Crippen LogP contribution in [0.2, 0.25) is 0 Å². The highest BCUT2D eigenvalue weighted by molar-refractivity contribution is 7.80. The predicted molar refractivity (Wildman–Crippen MR) is 119 cm³/mol. The number of para-hydroxylation sites is 1. The molecule has 1 saturated heterocycles. The first-order valence-electron chi connectivity index (χ1n) is 10.5. The van der Waals surface area contributed by atoms with E-state index < -0.39 is 5.54 Å². The van der Waals surface area contributed by atoms with E-state index >= 15 is 0 Å². The number of hydrogen-bond donors (Lipinski definition) is 1. The lowest BCUT2D eigenvalue weighted by atomic mass is 9.61. The van der Waals surface area contributed by atoms with Crippen molar-refractivity contribution in [2.45, 2.75) is 43.7 Å². The Morgan fingerprint density at radius 3 is 2.47 bits per heavy atom. The zero-order valence-corrected chi connectivity index (χ0v) is 18.1. The Balaban J connectivity index is 1.59. The Hall–Kier alpha value is -2.44. The second kappa shape index (κ2) is 7.06. The first kappa shape index (κ1) is 19.5. The van der Waals surface area contributed by atoms with E-state index in [1.165, 1.54) is 5.56 Å². The number of nitrogens with zero attached hydrogens (tertiary/aromatic N) is 1. The van der Waals surface area contributed by atoms with Gasteiger partial charge in [-0.2, -0.15) is 0 Å². The predicted octanol–water partition coefficient (Wildman–Crippen LogP) is 4.15. The molecule has 1 amide bonds. The third-order valence-corrected chi connectivity index (χ3v) is 7.61. The van der Waals surface area contributed by atoms with Crippen LogP contribution in [0.1, 0.15) is 36.8 Å². The minimum atomic E-state index is -0.830. The zero-order valence-electron chi connectivity index (χ0n) is 17.3. The summed E-state index contributed by atoms with van der Waals surface area (Å²) in [6.45, 7) is 0. The van der Waals surface area contributed by atoms with Gasteiger partial charge in [-0.25, -0.2) is 0 Å². The molecule has 1 atom stereocenters. The number of likely N-dealkylation sites (N-methyl/N-ethyl adjacent to an activating group) is 1. The van der Waals surface area contributed by atoms with Gasteiger partial charge in [-0.1, -0.05) is 24.3 Å². The average molecular weight is 423 g/mol. The van der Waals surface area contributed by atoms with Gasteiger partial charge in [0.2, 0.25) is 0 Å². The molecule has 0 radical (unpaired) electrons. The molecule has 2 spiro atoms. The molecule has 1 aliphatic heterocycles. The number of ether oxygens (including phenoxy) is 2. The second-order valence-electron chi connectivity index (χ2n) is 8.67. The molecule has 30 heavy (non-hydrogen) atoms. The van der Waals surface area contributed by atoms with Crippen molar-refractivity contribution in [1.82, 2.24) is 10.2 Å². The summed E-state index contributed by atoms with van der Waals surface area (Å²) in [5.41, 5.74) is 1.17. The minimum Gasteiger partial charge on any atom is -0.457 e. The summed E-state index contributed by atoms with van der Waals surface area (Å²) < 4.78 is 11.7. The third-order valence-electron chi connectivity index (χ3n) is 7.24. The van der Waals surface area contributed by atoms with E-state index in [9.17, 15) is 4.79 Å².